The largest absolute Gasteiger partial charge is 0.444 e. The Morgan fingerprint density at radius 2 is 1.90 bits per heavy atom. The molecule has 0 atom stereocenters. The van der Waals surface area contributed by atoms with Gasteiger partial charge in [0.25, 0.3) is 5.69 Å². The Labute approximate surface area is 177 Å². The summed E-state index contributed by atoms with van der Waals surface area (Å²) in [4.78, 5) is 35.4. The van der Waals surface area contributed by atoms with Gasteiger partial charge in [-0.05, 0) is 39.0 Å². The van der Waals surface area contributed by atoms with Crippen molar-refractivity contribution in [2.24, 2.45) is 0 Å². The highest BCUT2D eigenvalue weighted by Gasteiger charge is 2.20. The quantitative estimate of drug-likeness (QED) is 0.471. The molecule has 9 nitrogen and oxygen atoms in total. The number of anilines is 1. The van der Waals surface area contributed by atoms with E-state index in [0.717, 1.165) is 18.2 Å². The third kappa shape index (κ3) is 5.78. The standard InChI is InChI=1S/C21H20FN5O4/c1-21(2,3)31-20(28)26-18-11-14(19-23-7-4-8-24-19)12-25-17(18)10-13-9-15(27(29)30)5-6-16(13)22/h4-9,11-12H,10H2,1-3H3,(H,26,28). The van der Waals surface area contributed by atoms with Gasteiger partial charge in [-0.15, -0.1) is 0 Å². The Morgan fingerprint density at radius 3 is 2.55 bits per heavy atom. The summed E-state index contributed by atoms with van der Waals surface area (Å²) in [6.45, 7) is 5.16. The summed E-state index contributed by atoms with van der Waals surface area (Å²) in [6, 6.07) is 6.51. The third-order valence-corrected chi connectivity index (χ3v) is 4.03. The summed E-state index contributed by atoms with van der Waals surface area (Å²) in [5, 5.41) is 13.7. The number of nitrogens with zero attached hydrogens (tertiary/aromatic N) is 4. The molecule has 0 fully saturated rings. The molecule has 3 aromatic rings. The summed E-state index contributed by atoms with van der Waals surface area (Å²) in [5.74, 6) is -0.235. The number of amides is 1. The fraction of sp³-hybridized carbons (Fsp3) is 0.238. The molecule has 0 bridgehead atoms. The molecule has 2 heterocycles. The van der Waals surface area contributed by atoms with E-state index in [9.17, 15) is 19.3 Å². The number of non-ortho nitro benzene ring substituents is 1. The maximum atomic E-state index is 14.3. The predicted molar refractivity (Wildman–Crippen MR) is 111 cm³/mol. The zero-order valence-corrected chi connectivity index (χ0v) is 17.1. The van der Waals surface area contributed by atoms with E-state index < -0.39 is 22.4 Å². The Kier molecular flexibility index (Phi) is 6.19. The van der Waals surface area contributed by atoms with Crippen LogP contribution in [0.1, 0.15) is 32.0 Å². The van der Waals surface area contributed by atoms with Gasteiger partial charge in [-0.2, -0.15) is 0 Å². The van der Waals surface area contributed by atoms with Crippen molar-refractivity contribution in [3.8, 4) is 11.4 Å². The van der Waals surface area contributed by atoms with Gasteiger partial charge in [0, 0.05) is 48.3 Å². The van der Waals surface area contributed by atoms with Crippen molar-refractivity contribution in [2.75, 3.05) is 5.32 Å². The van der Waals surface area contributed by atoms with Gasteiger partial charge in [0.05, 0.1) is 16.3 Å². The highest BCUT2D eigenvalue weighted by atomic mass is 19.1. The number of carbonyl (C=O) groups is 1. The molecule has 0 saturated heterocycles. The van der Waals surface area contributed by atoms with Gasteiger partial charge in [0.1, 0.15) is 11.4 Å². The molecule has 2 aromatic heterocycles. The van der Waals surface area contributed by atoms with Crippen molar-refractivity contribution in [3.05, 3.63) is 76.1 Å². The number of carbonyl (C=O) groups excluding carboxylic acids is 1. The minimum Gasteiger partial charge on any atom is -0.444 e. The van der Waals surface area contributed by atoms with Crippen LogP contribution in [-0.2, 0) is 11.2 Å². The molecule has 0 spiro atoms. The van der Waals surface area contributed by atoms with Crippen LogP contribution in [-0.4, -0.2) is 31.6 Å². The minimum absolute atomic E-state index is 0.0673. The molecule has 0 aliphatic heterocycles. The van der Waals surface area contributed by atoms with E-state index >= 15 is 0 Å². The number of nitro groups is 1. The first-order chi connectivity index (χ1) is 14.6. The number of pyridine rings is 1. The molecule has 31 heavy (non-hydrogen) atoms. The van der Waals surface area contributed by atoms with Gasteiger partial charge < -0.3 is 4.74 Å². The number of aromatic nitrogens is 3. The lowest BCUT2D eigenvalue weighted by Crippen LogP contribution is -2.27. The van der Waals surface area contributed by atoms with Gasteiger partial charge in [-0.3, -0.25) is 20.4 Å². The van der Waals surface area contributed by atoms with Crippen LogP contribution in [0.25, 0.3) is 11.4 Å². The van der Waals surface area contributed by atoms with Gasteiger partial charge in [-0.1, -0.05) is 0 Å². The Balaban J connectivity index is 1.99. The maximum Gasteiger partial charge on any atom is 0.412 e. The zero-order valence-electron chi connectivity index (χ0n) is 17.1. The molecule has 3 rings (SSSR count). The number of benzene rings is 1. The Hall–Kier alpha value is -3.95. The van der Waals surface area contributed by atoms with Crippen LogP contribution in [0.15, 0.2) is 48.9 Å². The van der Waals surface area contributed by atoms with Crippen molar-refractivity contribution in [2.45, 2.75) is 32.8 Å². The summed E-state index contributed by atoms with van der Waals surface area (Å²) in [6.07, 6.45) is 3.81. The lowest BCUT2D eigenvalue weighted by Gasteiger charge is -2.20. The van der Waals surface area contributed by atoms with Crippen molar-refractivity contribution in [1.82, 2.24) is 15.0 Å². The van der Waals surface area contributed by atoms with Crippen LogP contribution in [0.2, 0.25) is 0 Å². The molecule has 1 aromatic carbocycles. The maximum absolute atomic E-state index is 14.3. The molecule has 10 heteroatoms. The van der Waals surface area contributed by atoms with E-state index in [2.05, 4.69) is 20.3 Å². The second kappa shape index (κ2) is 8.82. The molecule has 0 aliphatic rings. The number of ether oxygens (including phenoxy) is 1. The normalized spacial score (nSPS) is 11.1. The second-order valence-corrected chi connectivity index (χ2v) is 7.63. The molecule has 160 valence electrons. The van der Waals surface area contributed by atoms with Gasteiger partial charge in [0.2, 0.25) is 0 Å². The molecule has 0 unspecified atom stereocenters. The van der Waals surface area contributed by atoms with Gasteiger partial charge >= 0.3 is 6.09 Å². The molecular weight excluding hydrogens is 405 g/mol. The first kappa shape index (κ1) is 21.8. The number of nitrogens with one attached hydrogen (secondary N) is 1. The lowest BCUT2D eigenvalue weighted by atomic mass is 10.1. The van der Waals surface area contributed by atoms with E-state index in [4.69, 9.17) is 4.74 Å². The number of halogens is 1. The average molecular weight is 425 g/mol. The third-order valence-electron chi connectivity index (χ3n) is 4.03. The summed E-state index contributed by atoms with van der Waals surface area (Å²) in [5.41, 5.74) is 0.166. The highest BCUT2D eigenvalue weighted by molar-refractivity contribution is 5.86. The van der Waals surface area contributed by atoms with E-state index in [1.165, 1.54) is 6.20 Å². The Bertz CT molecular complexity index is 1120. The molecule has 0 radical (unpaired) electrons. The van der Waals surface area contributed by atoms with E-state index in [1.807, 2.05) is 0 Å². The van der Waals surface area contributed by atoms with Crippen molar-refractivity contribution in [3.63, 3.8) is 0 Å². The zero-order chi connectivity index (χ0) is 22.6. The van der Waals surface area contributed by atoms with E-state index in [-0.39, 0.29) is 23.4 Å². The molecule has 0 aliphatic carbocycles. The highest BCUT2D eigenvalue weighted by Crippen LogP contribution is 2.26. The van der Waals surface area contributed by atoms with Crippen LogP contribution in [0.5, 0.6) is 0 Å². The first-order valence-corrected chi connectivity index (χ1v) is 9.31. The molecule has 1 N–H and O–H groups in total. The summed E-state index contributed by atoms with van der Waals surface area (Å²) in [7, 11) is 0. The molecular formula is C21H20FN5O4. The number of rotatable bonds is 5. The fourth-order valence-electron chi connectivity index (χ4n) is 2.72. The van der Waals surface area contributed by atoms with E-state index in [0.29, 0.717) is 17.1 Å². The molecule has 0 saturated carbocycles. The summed E-state index contributed by atoms with van der Waals surface area (Å²) >= 11 is 0. The smallest absolute Gasteiger partial charge is 0.412 e. The van der Waals surface area contributed by atoms with Crippen LogP contribution >= 0.6 is 0 Å². The topological polar surface area (TPSA) is 120 Å². The summed E-state index contributed by atoms with van der Waals surface area (Å²) < 4.78 is 19.6. The minimum atomic E-state index is -0.732. The average Bonchev–Trinajstić information content (AvgIpc) is 2.70. The SMILES string of the molecule is CC(C)(C)OC(=O)Nc1cc(-c2ncccn2)cnc1Cc1cc([N+](=O)[O-])ccc1F. The number of hydrogen-bond acceptors (Lipinski definition) is 7. The predicted octanol–water partition coefficient (Wildman–Crippen LogP) is 4.52. The van der Waals surface area contributed by atoms with Crippen molar-refractivity contribution >= 4 is 17.5 Å². The second-order valence-electron chi connectivity index (χ2n) is 7.63. The van der Waals surface area contributed by atoms with Crippen molar-refractivity contribution in [1.29, 1.82) is 0 Å². The van der Waals surface area contributed by atoms with Crippen LogP contribution < -0.4 is 5.32 Å². The van der Waals surface area contributed by atoms with Crippen LogP contribution in [0.4, 0.5) is 20.6 Å². The lowest BCUT2D eigenvalue weighted by molar-refractivity contribution is -0.385. The first-order valence-electron chi connectivity index (χ1n) is 9.31. The van der Waals surface area contributed by atoms with Crippen LogP contribution in [0.3, 0.4) is 0 Å². The fourth-order valence-corrected chi connectivity index (χ4v) is 2.72. The van der Waals surface area contributed by atoms with Crippen LogP contribution in [0, 0.1) is 15.9 Å². The van der Waals surface area contributed by atoms with E-state index in [1.54, 1.807) is 45.3 Å². The van der Waals surface area contributed by atoms with Crippen molar-refractivity contribution < 1.29 is 18.8 Å². The number of hydrogen-bond donors (Lipinski definition) is 1. The van der Waals surface area contributed by atoms with Gasteiger partial charge in [-0.25, -0.2) is 19.2 Å². The number of nitro benzene ring substituents is 1. The monoisotopic (exact) mass is 425 g/mol. The molecule has 1 amide bonds. The Morgan fingerprint density at radius 1 is 1.19 bits per heavy atom. The van der Waals surface area contributed by atoms with Gasteiger partial charge in [0.15, 0.2) is 5.82 Å².